The van der Waals surface area contributed by atoms with E-state index in [2.05, 4.69) is 25.4 Å². The molecule has 4 N–H and O–H groups in total. The van der Waals surface area contributed by atoms with Gasteiger partial charge in [0.15, 0.2) is 11.1 Å². The first kappa shape index (κ1) is 19.2. The number of aromatic hydroxyl groups is 1. The van der Waals surface area contributed by atoms with Crippen LogP contribution in [-0.4, -0.2) is 42.8 Å². The van der Waals surface area contributed by atoms with Crippen LogP contribution >= 0.6 is 11.6 Å². The highest BCUT2D eigenvalue weighted by Crippen LogP contribution is 2.29. The molecule has 1 aliphatic rings. The molecule has 0 bridgehead atoms. The largest absolute Gasteiger partial charge is 0.497 e. The van der Waals surface area contributed by atoms with Crippen LogP contribution in [0.25, 0.3) is 11.7 Å². The number of hydrogen-bond donors (Lipinski definition) is 4. The van der Waals surface area contributed by atoms with Crippen molar-refractivity contribution in [1.82, 2.24) is 24.6 Å². The second-order valence-corrected chi connectivity index (χ2v) is 7.56. The van der Waals surface area contributed by atoms with Gasteiger partial charge in [0, 0.05) is 17.4 Å². The highest BCUT2D eigenvalue weighted by molar-refractivity contribution is 6.33. The normalized spacial score (nSPS) is 15.0. The zero-order chi connectivity index (χ0) is 21.5. The van der Waals surface area contributed by atoms with Crippen molar-refractivity contribution in [1.29, 1.82) is 0 Å². The molecule has 0 unspecified atom stereocenters. The van der Waals surface area contributed by atoms with Crippen LogP contribution in [0, 0.1) is 0 Å². The molecule has 0 saturated heterocycles. The van der Waals surface area contributed by atoms with Gasteiger partial charge in [-0.05, 0) is 31.1 Å². The van der Waals surface area contributed by atoms with Gasteiger partial charge >= 0.3 is 5.69 Å². The zero-order valence-electron chi connectivity index (χ0n) is 16.4. The van der Waals surface area contributed by atoms with Crippen molar-refractivity contribution in [2.45, 2.75) is 18.9 Å². The summed E-state index contributed by atoms with van der Waals surface area (Å²) in [5.74, 6) is 0.912. The molecular weight excluding hydrogens is 422 g/mol. The van der Waals surface area contributed by atoms with E-state index < -0.39 is 5.69 Å². The summed E-state index contributed by atoms with van der Waals surface area (Å²) in [7, 11) is 1.58. The molecule has 0 amide bonds. The van der Waals surface area contributed by atoms with E-state index in [0.717, 1.165) is 12.8 Å². The standard InChI is InChI=1S/C20H18ClN7O3/c1-31-12-4-5-13(21)14(7-12)24-16-8-17(23-11-2-3-11)28-18(26-16)10(9-22-28)6-15-19(29)27-20(30)25-15/h4-9,11,24,29H,2-3H2,1H3,(H2,25,27,30). The molecule has 3 aromatic heterocycles. The Labute approximate surface area is 179 Å². The molecule has 0 radical (unpaired) electrons. The minimum absolute atomic E-state index is 0.233. The second kappa shape index (κ2) is 7.47. The van der Waals surface area contributed by atoms with Crippen LogP contribution in [0.3, 0.4) is 0 Å². The summed E-state index contributed by atoms with van der Waals surface area (Å²) >= 11 is 6.33. The number of nitrogens with zero attached hydrogens (tertiary/aromatic N) is 4. The third-order valence-electron chi connectivity index (χ3n) is 4.81. The van der Waals surface area contributed by atoms with Crippen LogP contribution in [0.2, 0.25) is 5.02 Å². The Balaban J connectivity index is 1.67. The van der Waals surface area contributed by atoms with Crippen LogP contribution in [0.5, 0.6) is 11.6 Å². The fraction of sp³-hybridized carbons (Fsp3) is 0.200. The molecule has 1 aliphatic carbocycles. The fourth-order valence-corrected chi connectivity index (χ4v) is 3.29. The predicted molar refractivity (Wildman–Crippen MR) is 115 cm³/mol. The fourth-order valence-electron chi connectivity index (χ4n) is 3.13. The Morgan fingerprint density at radius 2 is 2.19 bits per heavy atom. The van der Waals surface area contributed by atoms with E-state index in [1.54, 1.807) is 48.2 Å². The van der Waals surface area contributed by atoms with Gasteiger partial charge in [-0.15, -0.1) is 0 Å². The van der Waals surface area contributed by atoms with Crippen LogP contribution in [0.15, 0.2) is 40.2 Å². The first-order valence-electron chi connectivity index (χ1n) is 9.56. The summed E-state index contributed by atoms with van der Waals surface area (Å²) in [5, 5.41) is 18.6. The molecule has 158 valence electrons. The van der Waals surface area contributed by atoms with Gasteiger partial charge in [-0.1, -0.05) is 11.6 Å². The maximum Gasteiger partial charge on any atom is 0.326 e. The number of aromatic nitrogens is 5. The molecule has 1 fully saturated rings. The molecule has 5 rings (SSSR count). The Hall–Kier alpha value is -3.79. The molecule has 4 aromatic rings. The smallest absolute Gasteiger partial charge is 0.326 e. The van der Waals surface area contributed by atoms with Crippen LogP contribution in [-0.2, 0) is 0 Å². The van der Waals surface area contributed by atoms with E-state index in [-0.39, 0.29) is 17.6 Å². The van der Waals surface area contributed by atoms with Crippen molar-refractivity contribution in [3.05, 3.63) is 62.4 Å². The number of anilines is 2. The third-order valence-corrected chi connectivity index (χ3v) is 5.14. The number of halogens is 1. The number of aromatic amines is 2. The second-order valence-electron chi connectivity index (χ2n) is 7.15. The zero-order valence-corrected chi connectivity index (χ0v) is 17.1. The highest BCUT2D eigenvalue weighted by atomic mass is 35.5. The van der Waals surface area contributed by atoms with Gasteiger partial charge in [0.2, 0.25) is 5.88 Å². The van der Waals surface area contributed by atoms with Crippen molar-refractivity contribution in [3.8, 4) is 11.6 Å². The van der Waals surface area contributed by atoms with E-state index in [1.807, 2.05) is 0 Å². The monoisotopic (exact) mass is 439 g/mol. The average molecular weight is 440 g/mol. The molecule has 1 aromatic carbocycles. The number of H-pyrrole nitrogens is 2. The molecule has 3 heterocycles. The molecule has 0 atom stereocenters. The molecule has 0 spiro atoms. The average Bonchev–Trinajstić information content (AvgIpc) is 3.38. The summed E-state index contributed by atoms with van der Waals surface area (Å²) in [6.45, 7) is 0. The number of rotatable bonds is 5. The van der Waals surface area contributed by atoms with Gasteiger partial charge in [-0.25, -0.2) is 9.78 Å². The molecule has 1 saturated carbocycles. The van der Waals surface area contributed by atoms with Crippen molar-refractivity contribution in [3.63, 3.8) is 0 Å². The van der Waals surface area contributed by atoms with Gasteiger partial charge in [0.25, 0.3) is 0 Å². The van der Waals surface area contributed by atoms with Crippen LogP contribution in [0.4, 0.5) is 11.5 Å². The van der Waals surface area contributed by atoms with E-state index in [1.165, 1.54) is 0 Å². The van der Waals surface area contributed by atoms with Crippen LogP contribution < -0.4 is 26.4 Å². The number of hydrogen-bond acceptors (Lipinski definition) is 7. The first-order chi connectivity index (χ1) is 15.0. The van der Waals surface area contributed by atoms with Gasteiger partial charge in [-0.3, -0.25) is 9.98 Å². The third kappa shape index (κ3) is 3.84. The number of benzene rings is 1. The maximum atomic E-state index is 11.5. The number of ether oxygens (including phenoxy) is 1. The number of methoxy groups -OCH3 is 1. The van der Waals surface area contributed by atoms with E-state index in [0.29, 0.717) is 38.6 Å². The lowest BCUT2D eigenvalue weighted by Gasteiger charge is -2.10. The van der Waals surface area contributed by atoms with E-state index in [9.17, 15) is 9.90 Å². The summed E-state index contributed by atoms with van der Waals surface area (Å²) in [6, 6.07) is 7.35. The van der Waals surface area contributed by atoms with Gasteiger partial charge < -0.3 is 20.1 Å². The first-order valence-corrected chi connectivity index (χ1v) is 9.94. The Kier molecular flexibility index (Phi) is 4.63. The molecular formula is C20H18ClN7O3. The number of imidazole rings is 1. The molecule has 10 nitrogen and oxygen atoms in total. The Morgan fingerprint density at radius 1 is 1.35 bits per heavy atom. The lowest BCUT2D eigenvalue weighted by atomic mass is 10.3. The summed E-state index contributed by atoms with van der Waals surface area (Å²) in [6.07, 6.45) is 5.26. The summed E-state index contributed by atoms with van der Waals surface area (Å²) in [5.41, 5.74) is 1.50. The molecule has 0 aliphatic heterocycles. The van der Waals surface area contributed by atoms with Crippen molar-refractivity contribution in [2.24, 2.45) is 4.99 Å². The van der Waals surface area contributed by atoms with Crippen molar-refractivity contribution < 1.29 is 9.84 Å². The van der Waals surface area contributed by atoms with Crippen molar-refractivity contribution in [2.75, 3.05) is 12.4 Å². The predicted octanol–water partition coefficient (Wildman–Crippen LogP) is 1.47. The Bertz CT molecular complexity index is 1470. The lowest BCUT2D eigenvalue weighted by Crippen LogP contribution is -2.19. The molecule has 11 heteroatoms. The van der Waals surface area contributed by atoms with Crippen molar-refractivity contribution >= 4 is 34.8 Å². The molecule has 31 heavy (non-hydrogen) atoms. The Morgan fingerprint density at radius 3 is 2.90 bits per heavy atom. The summed E-state index contributed by atoms with van der Waals surface area (Å²) < 4.78 is 6.91. The highest BCUT2D eigenvalue weighted by Gasteiger charge is 2.20. The van der Waals surface area contributed by atoms with Gasteiger partial charge in [-0.2, -0.15) is 9.61 Å². The SMILES string of the molecule is COc1ccc(Cl)c(Nc2cc(=NC3CC3)n3ncc(=Cc4[nH]c(=O)[nH]c4O)c3n2)c1. The van der Waals surface area contributed by atoms with Gasteiger partial charge in [0.1, 0.15) is 17.3 Å². The van der Waals surface area contributed by atoms with Crippen LogP contribution in [0.1, 0.15) is 18.5 Å². The minimum Gasteiger partial charge on any atom is -0.497 e. The number of nitrogens with one attached hydrogen (secondary N) is 3. The van der Waals surface area contributed by atoms with Gasteiger partial charge in [0.05, 0.1) is 30.1 Å². The minimum atomic E-state index is -0.507. The van der Waals surface area contributed by atoms with E-state index in [4.69, 9.17) is 21.3 Å². The lowest BCUT2D eigenvalue weighted by molar-refractivity contribution is 0.415. The quantitative estimate of drug-likeness (QED) is 0.372. The van der Waals surface area contributed by atoms with E-state index >= 15 is 0 Å². The number of fused-ring (bicyclic) bond motifs is 1. The topological polar surface area (TPSA) is 133 Å². The maximum absolute atomic E-state index is 11.5. The summed E-state index contributed by atoms with van der Waals surface area (Å²) in [4.78, 5) is 25.7.